The Labute approximate surface area is 208 Å². The summed E-state index contributed by atoms with van der Waals surface area (Å²) in [6.07, 6.45) is 0.440. The van der Waals surface area contributed by atoms with Crippen molar-refractivity contribution in [3.63, 3.8) is 0 Å². The third-order valence-corrected chi connectivity index (χ3v) is 6.55. The summed E-state index contributed by atoms with van der Waals surface area (Å²) in [4.78, 5) is 27.7. The first-order valence-electron chi connectivity index (χ1n) is 10.5. The van der Waals surface area contributed by atoms with Crippen LogP contribution < -0.4 is 10.1 Å². The molecule has 2 aromatic rings. The van der Waals surface area contributed by atoms with E-state index in [-0.39, 0.29) is 25.0 Å². The number of hydrogen-bond donors (Lipinski definition) is 1. The van der Waals surface area contributed by atoms with Crippen LogP contribution in [0.15, 0.2) is 40.9 Å². The fourth-order valence-corrected chi connectivity index (χ4v) is 3.89. The molecule has 0 radical (unpaired) electrons. The van der Waals surface area contributed by atoms with Crippen molar-refractivity contribution in [1.29, 1.82) is 0 Å². The van der Waals surface area contributed by atoms with Crippen molar-refractivity contribution in [2.75, 3.05) is 13.2 Å². The number of carbonyl (C=O) groups is 2. The molecular weight excluding hydrogens is 515 g/mol. The molecule has 0 aliphatic heterocycles. The average molecular weight is 544 g/mol. The summed E-state index contributed by atoms with van der Waals surface area (Å²) in [5, 5.41) is 3.81. The van der Waals surface area contributed by atoms with Gasteiger partial charge in [0.1, 0.15) is 11.8 Å². The molecule has 0 aliphatic rings. The van der Waals surface area contributed by atoms with Gasteiger partial charge >= 0.3 is 0 Å². The number of carbonyl (C=O) groups excluding carboxylic acids is 2. The molecule has 0 saturated heterocycles. The van der Waals surface area contributed by atoms with Crippen molar-refractivity contribution in [1.82, 2.24) is 10.2 Å². The molecule has 2 aromatic carbocycles. The lowest BCUT2D eigenvalue weighted by atomic mass is 10.1. The quantitative estimate of drug-likeness (QED) is 0.398. The maximum absolute atomic E-state index is 13.3. The summed E-state index contributed by atoms with van der Waals surface area (Å²) < 4.78 is 6.70. The Morgan fingerprint density at radius 2 is 1.81 bits per heavy atom. The molecule has 174 valence electrons. The molecule has 0 saturated carbocycles. The van der Waals surface area contributed by atoms with Gasteiger partial charge in [0.05, 0.1) is 0 Å². The van der Waals surface area contributed by atoms with E-state index in [4.69, 9.17) is 27.9 Å². The van der Waals surface area contributed by atoms with Gasteiger partial charge in [0.15, 0.2) is 6.61 Å². The van der Waals surface area contributed by atoms with E-state index < -0.39 is 6.04 Å². The van der Waals surface area contributed by atoms with Crippen LogP contribution in [0.3, 0.4) is 0 Å². The SMILES string of the molecule is CCC(C(=O)NCC(C)C)N(Cc1c(Cl)cccc1Cl)C(=O)COc1ccc(Br)c(C)c1. The number of ether oxygens (including phenoxy) is 1. The first-order chi connectivity index (χ1) is 15.1. The van der Waals surface area contributed by atoms with E-state index in [9.17, 15) is 9.59 Å². The number of nitrogens with zero attached hydrogens (tertiary/aromatic N) is 1. The van der Waals surface area contributed by atoms with E-state index in [0.717, 1.165) is 10.0 Å². The molecule has 8 heteroatoms. The van der Waals surface area contributed by atoms with Gasteiger partial charge in [-0.1, -0.05) is 66.0 Å². The van der Waals surface area contributed by atoms with Gasteiger partial charge in [0.2, 0.25) is 5.91 Å². The van der Waals surface area contributed by atoms with Crippen LogP contribution in [0.5, 0.6) is 5.75 Å². The predicted octanol–water partition coefficient (Wildman–Crippen LogP) is 6.02. The maximum Gasteiger partial charge on any atom is 0.261 e. The number of benzene rings is 2. The van der Waals surface area contributed by atoms with E-state index in [1.807, 2.05) is 39.8 Å². The number of amides is 2. The minimum atomic E-state index is -0.677. The summed E-state index contributed by atoms with van der Waals surface area (Å²) in [5.41, 5.74) is 1.59. The van der Waals surface area contributed by atoms with Gasteiger partial charge in [-0.2, -0.15) is 0 Å². The fraction of sp³-hybridized carbons (Fsp3) is 0.417. The molecule has 32 heavy (non-hydrogen) atoms. The first kappa shape index (κ1) is 26.5. The van der Waals surface area contributed by atoms with Crippen LogP contribution in [0.1, 0.15) is 38.3 Å². The predicted molar refractivity (Wildman–Crippen MR) is 133 cm³/mol. The third kappa shape index (κ3) is 7.39. The molecular formula is C24H29BrCl2N2O3. The molecule has 0 bridgehead atoms. The van der Waals surface area contributed by atoms with Gasteiger partial charge in [0.25, 0.3) is 5.91 Å². The smallest absolute Gasteiger partial charge is 0.261 e. The number of halogens is 3. The topological polar surface area (TPSA) is 58.6 Å². The Kier molecular flexibility index (Phi) is 10.3. The zero-order valence-electron chi connectivity index (χ0n) is 18.8. The second-order valence-electron chi connectivity index (χ2n) is 7.98. The van der Waals surface area contributed by atoms with Crippen LogP contribution in [-0.2, 0) is 16.1 Å². The van der Waals surface area contributed by atoms with Gasteiger partial charge in [-0.3, -0.25) is 9.59 Å². The number of rotatable bonds is 10. The summed E-state index contributed by atoms with van der Waals surface area (Å²) in [5.74, 6) is 0.333. The maximum atomic E-state index is 13.3. The van der Waals surface area contributed by atoms with E-state index in [0.29, 0.717) is 40.2 Å². The normalized spacial score (nSPS) is 11.9. The molecule has 0 heterocycles. The van der Waals surface area contributed by atoms with Crippen molar-refractivity contribution in [3.8, 4) is 5.75 Å². The van der Waals surface area contributed by atoms with Crippen molar-refractivity contribution in [3.05, 3.63) is 62.0 Å². The molecule has 2 amide bonds. The summed E-state index contributed by atoms with van der Waals surface area (Å²) in [6.45, 7) is 8.26. The van der Waals surface area contributed by atoms with Crippen LogP contribution in [0.25, 0.3) is 0 Å². The lowest BCUT2D eigenvalue weighted by Gasteiger charge is -2.31. The lowest BCUT2D eigenvalue weighted by molar-refractivity contribution is -0.143. The van der Waals surface area contributed by atoms with Crippen LogP contribution in [-0.4, -0.2) is 35.9 Å². The van der Waals surface area contributed by atoms with E-state index >= 15 is 0 Å². The van der Waals surface area contributed by atoms with Gasteiger partial charge in [-0.15, -0.1) is 0 Å². The minimum absolute atomic E-state index is 0.105. The first-order valence-corrected chi connectivity index (χ1v) is 12.1. The lowest BCUT2D eigenvalue weighted by Crippen LogP contribution is -2.50. The van der Waals surface area contributed by atoms with Gasteiger partial charge in [-0.05, 0) is 55.2 Å². The molecule has 0 spiro atoms. The highest BCUT2D eigenvalue weighted by Gasteiger charge is 2.30. The van der Waals surface area contributed by atoms with Gasteiger partial charge < -0.3 is 15.0 Å². The van der Waals surface area contributed by atoms with Crippen molar-refractivity contribution in [2.24, 2.45) is 5.92 Å². The largest absolute Gasteiger partial charge is 0.484 e. The zero-order valence-corrected chi connectivity index (χ0v) is 21.9. The molecule has 0 aromatic heterocycles. The highest BCUT2D eigenvalue weighted by atomic mass is 79.9. The Hall–Kier alpha value is -1.76. The average Bonchev–Trinajstić information content (AvgIpc) is 2.74. The second-order valence-corrected chi connectivity index (χ2v) is 9.65. The van der Waals surface area contributed by atoms with E-state index in [2.05, 4.69) is 21.2 Å². The number of hydrogen-bond acceptors (Lipinski definition) is 3. The number of nitrogens with one attached hydrogen (secondary N) is 1. The van der Waals surface area contributed by atoms with Crippen LogP contribution in [0.4, 0.5) is 0 Å². The molecule has 2 rings (SSSR count). The fourth-order valence-electron chi connectivity index (χ4n) is 3.13. The van der Waals surface area contributed by atoms with E-state index in [1.165, 1.54) is 4.90 Å². The molecule has 1 atom stereocenters. The zero-order chi connectivity index (χ0) is 23.8. The third-order valence-electron chi connectivity index (χ3n) is 4.95. The molecule has 1 N–H and O–H groups in total. The summed E-state index contributed by atoms with van der Waals surface area (Å²) in [7, 11) is 0. The highest BCUT2D eigenvalue weighted by molar-refractivity contribution is 9.10. The Balaban J connectivity index is 2.27. The molecule has 5 nitrogen and oxygen atoms in total. The standard InChI is InChI=1S/C24H29BrCl2N2O3/c1-5-22(24(31)28-12-15(2)3)29(13-18-20(26)7-6-8-21(18)27)23(30)14-32-17-9-10-19(25)16(4)11-17/h6-11,15,22H,5,12-14H2,1-4H3,(H,28,31). The molecule has 0 fully saturated rings. The Morgan fingerprint density at radius 1 is 1.16 bits per heavy atom. The summed E-state index contributed by atoms with van der Waals surface area (Å²) in [6, 6.07) is 9.99. The summed E-state index contributed by atoms with van der Waals surface area (Å²) >= 11 is 16.2. The van der Waals surface area contributed by atoms with Crippen molar-refractivity contribution < 1.29 is 14.3 Å². The number of aryl methyl sites for hydroxylation is 1. The monoisotopic (exact) mass is 542 g/mol. The van der Waals surface area contributed by atoms with Crippen LogP contribution in [0, 0.1) is 12.8 Å². The highest BCUT2D eigenvalue weighted by Crippen LogP contribution is 2.27. The van der Waals surface area contributed by atoms with Crippen molar-refractivity contribution in [2.45, 2.75) is 46.7 Å². The van der Waals surface area contributed by atoms with Crippen LogP contribution >= 0.6 is 39.1 Å². The van der Waals surface area contributed by atoms with Gasteiger partial charge in [0, 0.05) is 33.2 Å². The second kappa shape index (κ2) is 12.5. The van der Waals surface area contributed by atoms with Crippen molar-refractivity contribution >= 4 is 50.9 Å². The Bertz CT molecular complexity index is 933. The minimum Gasteiger partial charge on any atom is -0.484 e. The Morgan fingerprint density at radius 3 is 2.38 bits per heavy atom. The van der Waals surface area contributed by atoms with E-state index in [1.54, 1.807) is 24.3 Å². The van der Waals surface area contributed by atoms with Gasteiger partial charge in [-0.25, -0.2) is 0 Å². The van der Waals surface area contributed by atoms with Crippen LogP contribution in [0.2, 0.25) is 10.0 Å². The molecule has 0 aliphatic carbocycles. The molecule has 1 unspecified atom stereocenters.